The normalized spacial score (nSPS) is 27.0. The molecule has 4 heteroatoms. The van der Waals surface area contributed by atoms with Crippen molar-refractivity contribution in [2.24, 2.45) is 5.92 Å². The number of hydrogen-bond donors (Lipinski definition) is 1. The van der Waals surface area contributed by atoms with Crippen LogP contribution < -0.4 is 5.32 Å². The first kappa shape index (κ1) is 8.41. The quantitative estimate of drug-likeness (QED) is 0.780. The van der Waals surface area contributed by atoms with Crippen molar-refractivity contribution in [3.05, 3.63) is 12.2 Å². The van der Waals surface area contributed by atoms with Crippen molar-refractivity contribution in [3.63, 3.8) is 0 Å². The Morgan fingerprint density at radius 2 is 2.36 bits per heavy atom. The van der Waals surface area contributed by atoms with Crippen LogP contribution in [-0.2, 0) is 6.54 Å². The van der Waals surface area contributed by atoms with Crippen molar-refractivity contribution in [2.75, 3.05) is 6.54 Å². The zero-order valence-corrected chi connectivity index (χ0v) is 8.32. The van der Waals surface area contributed by atoms with Crippen molar-refractivity contribution in [3.8, 4) is 0 Å². The van der Waals surface area contributed by atoms with Gasteiger partial charge in [0.1, 0.15) is 12.2 Å². The van der Waals surface area contributed by atoms with E-state index in [1.165, 1.54) is 25.7 Å². The van der Waals surface area contributed by atoms with E-state index in [4.69, 9.17) is 0 Å². The fourth-order valence-corrected chi connectivity index (χ4v) is 2.16. The number of nitrogens with zero attached hydrogens (tertiary/aromatic N) is 3. The van der Waals surface area contributed by atoms with E-state index in [2.05, 4.69) is 20.1 Å². The molecule has 0 amide bonds. The van der Waals surface area contributed by atoms with Crippen molar-refractivity contribution < 1.29 is 0 Å². The molecule has 14 heavy (non-hydrogen) atoms. The van der Waals surface area contributed by atoms with Crippen LogP contribution >= 0.6 is 0 Å². The van der Waals surface area contributed by atoms with Gasteiger partial charge in [0.2, 0.25) is 0 Å². The van der Waals surface area contributed by atoms with Crippen LogP contribution in [0, 0.1) is 5.92 Å². The van der Waals surface area contributed by atoms with Crippen LogP contribution in [-0.4, -0.2) is 21.3 Å². The first-order valence-corrected chi connectivity index (χ1v) is 5.54. The van der Waals surface area contributed by atoms with Crippen LogP contribution in [0.2, 0.25) is 0 Å². The van der Waals surface area contributed by atoms with Gasteiger partial charge in [-0.15, -0.1) is 10.2 Å². The first-order valence-electron chi connectivity index (χ1n) is 5.54. The van der Waals surface area contributed by atoms with Gasteiger partial charge in [-0.05, 0) is 38.1 Å². The molecule has 1 atom stereocenters. The van der Waals surface area contributed by atoms with E-state index >= 15 is 0 Å². The lowest BCUT2D eigenvalue weighted by Crippen LogP contribution is -2.18. The van der Waals surface area contributed by atoms with Gasteiger partial charge in [-0.25, -0.2) is 0 Å². The SMILES string of the molecule is c1nnc(C2CCCN2)n1CC1CC1. The summed E-state index contributed by atoms with van der Waals surface area (Å²) in [4.78, 5) is 0. The topological polar surface area (TPSA) is 42.7 Å². The molecule has 4 nitrogen and oxygen atoms in total. The van der Waals surface area contributed by atoms with E-state index in [0.29, 0.717) is 6.04 Å². The molecular weight excluding hydrogens is 176 g/mol. The molecule has 1 N–H and O–H groups in total. The van der Waals surface area contributed by atoms with Crippen LogP contribution in [0.3, 0.4) is 0 Å². The van der Waals surface area contributed by atoms with Crippen LogP contribution in [0.15, 0.2) is 6.33 Å². The van der Waals surface area contributed by atoms with Crippen LogP contribution in [0.4, 0.5) is 0 Å². The van der Waals surface area contributed by atoms with Gasteiger partial charge in [-0.1, -0.05) is 0 Å². The molecule has 0 radical (unpaired) electrons. The molecule has 3 rings (SSSR count). The Morgan fingerprint density at radius 3 is 3.07 bits per heavy atom. The summed E-state index contributed by atoms with van der Waals surface area (Å²) in [5.41, 5.74) is 0. The highest BCUT2D eigenvalue weighted by atomic mass is 15.3. The monoisotopic (exact) mass is 192 g/mol. The van der Waals surface area contributed by atoms with Crippen molar-refractivity contribution in [2.45, 2.75) is 38.3 Å². The van der Waals surface area contributed by atoms with E-state index in [0.717, 1.165) is 24.8 Å². The number of hydrogen-bond acceptors (Lipinski definition) is 3. The molecule has 1 aromatic heterocycles. The number of aromatic nitrogens is 3. The Kier molecular flexibility index (Phi) is 2.01. The largest absolute Gasteiger partial charge is 0.316 e. The van der Waals surface area contributed by atoms with Gasteiger partial charge in [0.25, 0.3) is 0 Å². The fourth-order valence-electron chi connectivity index (χ4n) is 2.16. The molecule has 0 spiro atoms. The summed E-state index contributed by atoms with van der Waals surface area (Å²) < 4.78 is 2.24. The minimum Gasteiger partial charge on any atom is -0.316 e. The van der Waals surface area contributed by atoms with Crippen LogP contribution in [0.1, 0.15) is 37.5 Å². The van der Waals surface area contributed by atoms with E-state index in [9.17, 15) is 0 Å². The highest BCUT2D eigenvalue weighted by Crippen LogP contribution is 2.31. The van der Waals surface area contributed by atoms with Gasteiger partial charge in [0.05, 0.1) is 6.04 Å². The average molecular weight is 192 g/mol. The average Bonchev–Trinajstić information content (AvgIpc) is 2.68. The first-order chi connectivity index (χ1) is 6.93. The summed E-state index contributed by atoms with van der Waals surface area (Å²) in [5.74, 6) is 2.04. The minimum atomic E-state index is 0.455. The van der Waals surface area contributed by atoms with E-state index < -0.39 is 0 Å². The Labute approximate surface area is 83.7 Å². The van der Waals surface area contributed by atoms with Crippen LogP contribution in [0.25, 0.3) is 0 Å². The number of rotatable bonds is 3. The molecular formula is C10H16N4. The Balaban J connectivity index is 1.77. The second kappa shape index (κ2) is 3.35. The molecule has 1 saturated carbocycles. The van der Waals surface area contributed by atoms with Gasteiger partial charge in [0, 0.05) is 6.54 Å². The maximum atomic E-state index is 4.23. The third kappa shape index (κ3) is 1.54. The molecule has 2 aliphatic rings. The van der Waals surface area contributed by atoms with Gasteiger partial charge < -0.3 is 9.88 Å². The number of nitrogens with one attached hydrogen (secondary N) is 1. The van der Waals surface area contributed by atoms with Crippen molar-refractivity contribution in [1.29, 1.82) is 0 Å². The molecule has 1 unspecified atom stereocenters. The summed E-state index contributed by atoms with van der Waals surface area (Å²) in [7, 11) is 0. The summed E-state index contributed by atoms with van der Waals surface area (Å²) in [6.45, 7) is 2.25. The van der Waals surface area contributed by atoms with Gasteiger partial charge >= 0.3 is 0 Å². The third-order valence-electron chi connectivity index (χ3n) is 3.17. The molecule has 2 heterocycles. The lowest BCUT2D eigenvalue weighted by Gasteiger charge is -2.11. The van der Waals surface area contributed by atoms with Crippen LogP contribution in [0.5, 0.6) is 0 Å². The van der Waals surface area contributed by atoms with E-state index in [1.54, 1.807) is 0 Å². The Hall–Kier alpha value is -0.900. The van der Waals surface area contributed by atoms with Crippen molar-refractivity contribution >= 4 is 0 Å². The predicted molar refractivity (Wildman–Crippen MR) is 52.7 cm³/mol. The molecule has 76 valence electrons. The van der Waals surface area contributed by atoms with Gasteiger partial charge in [-0.2, -0.15) is 0 Å². The minimum absolute atomic E-state index is 0.455. The smallest absolute Gasteiger partial charge is 0.149 e. The van der Waals surface area contributed by atoms with Gasteiger partial charge in [-0.3, -0.25) is 0 Å². The Morgan fingerprint density at radius 1 is 1.43 bits per heavy atom. The predicted octanol–water partition coefficient (Wildman–Crippen LogP) is 1.11. The third-order valence-corrected chi connectivity index (χ3v) is 3.17. The molecule has 1 aliphatic heterocycles. The zero-order valence-electron chi connectivity index (χ0n) is 8.32. The summed E-state index contributed by atoms with van der Waals surface area (Å²) in [6, 6.07) is 0.455. The highest BCUT2D eigenvalue weighted by molar-refractivity contribution is 4.98. The molecule has 2 fully saturated rings. The molecule has 1 saturated heterocycles. The van der Waals surface area contributed by atoms with Crippen molar-refractivity contribution in [1.82, 2.24) is 20.1 Å². The molecule has 1 aliphatic carbocycles. The van der Waals surface area contributed by atoms with E-state index in [-0.39, 0.29) is 0 Å². The fraction of sp³-hybridized carbons (Fsp3) is 0.800. The standard InChI is InChI=1S/C10H16N4/c1-2-9(11-5-1)10-13-12-7-14(10)6-8-3-4-8/h7-9,11H,1-6H2. The summed E-state index contributed by atoms with van der Waals surface area (Å²) in [6.07, 6.45) is 7.13. The maximum absolute atomic E-state index is 4.23. The summed E-state index contributed by atoms with van der Waals surface area (Å²) in [5, 5.41) is 11.7. The second-order valence-corrected chi connectivity index (χ2v) is 4.43. The second-order valence-electron chi connectivity index (χ2n) is 4.43. The summed E-state index contributed by atoms with van der Waals surface area (Å²) >= 11 is 0. The molecule has 1 aromatic rings. The lowest BCUT2D eigenvalue weighted by molar-refractivity contribution is 0.525. The lowest BCUT2D eigenvalue weighted by atomic mass is 10.2. The maximum Gasteiger partial charge on any atom is 0.149 e. The van der Waals surface area contributed by atoms with Gasteiger partial charge in [0.15, 0.2) is 0 Å². The molecule has 0 bridgehead atoms. The zero-order chi connectivity index (χ0) is 9.38. The Bertz CT molecular complexity index is 310. The highest BCUT2D eigenvalue weighted by Gasteiger charge is 2.26. The molecule has 0 aromatic carbocycles. The van der Waals surface area contributed by atoms with E-state index in [1.807, 2.05) is 6.33 Å².